The molecule has 27 heavy (non-hydrogen) atoms. The molecule has 144 valence electrons. The number of nitrogens with two attached hydrogens (primary N) is 1. The van der Waals surface area contributed by atoms with E-state index in [1.54, 1.807) is 0 Å². The normalized spacial score (nSPS) is 10.7. The number of ether oxygens (including phenoxy) is 1. The van der Waals surface area contributed by atoms with Crippen molar-refractivity contribution in [3.8, 4) is 5.75 Å². The summed E-state index contributed by atoms with van der Waals surface area (Å²) in [6.45, 7) is 4.58. The summed E-state index contributed by atoms with van der Waals surface area (Å²) in [6.07, 6.45) is 0.155. The molecule has 0 aliphatic heterocycles. The molecule has 2 amide bonds. The van der Waals surface area contributed by atoms with E-state index in [1.807, 2.05) is 24.3 Å². The molecule has 0 bridgehead atoms. The molecule has 0 saturated carbocycles. The van der Waals surface area contributed by atoms with Gasteiger partial charge in [0, 0.05) is 18.7 Å². The van der Waals surface area contributed by atoms with Crippen molar-refractivity contribution in [2.24, 2.45) is 5.73 Å². The third-order valence-electron chi connectivity index (χ3n) is 4.15. The molecule has 0 spiro atoms. The summed E-state index contributed by atoms with van der Waals surface area (Å²) >= 11 is 0. The minimum Gasteiger partial charge on any atom is -0.493 e. The molecule has 0 heterocycles. The van der Waals surface area contributed by atoms with Gasteiger partial charge in [0.1, 0.15) is 11.6 Å². The SMILES string of the molecule is CC(C)c1ccc(OCCC(=O)N(CCC(N)=O)c2ccc(F)cc2)cc1. The maximum atomic E-state index is 13.1. The largest absolute Gasteiger partial charge is 0.493 e. The van der Waals surface area contributed by atoms with E-state index in [-0.39, 0.29) is 31.9 Å². The number of hydrogen-bond donors (Lipinski definition) is 1. The van der Waals surface area contributed by atoms with Crippen LogP contribution in [0.15, 0.2) is 48.5 Å². The number of amides is 2. The summed E-state index contributed by atoms with van der Waals surface area (Å²) in [6, 6.07) is 13.3. The number of anilines is 1. The first kappa shape index (κ1) is 20.4. The number of rotatable bonds is 9. The predicted molar refractivity (Wildman–Crippen MR) is 103 cm³/mol. The Morgan fingerprint density at radius 2 is 1.67 bits per heavy atom. The summed E-state index contributed by atoms with van der Waals surface area (Å²) < 4.78 is 18.8. The van der Waals surface area contributed by atoms with Gasteiger partial charge in [0.15, 0.2) is 0 Å². The van der Waals surface area contributed by atoms with E-state index in [4.69, 9.17) is 10.5 Å². The molecule has 5 nitrogen and oxygen atoms in total. The van der Waals surface area contributed by atoms with Crippen LogP contribution < -0.4 is 15.4 Å². The lowest BCUT2D eigenvalue weighted by Crippen LogP contribution is -2.34. The molecular formula is C21H25FN2O3. The first-order valence-corrected chi connectivity index (χ1v) is 8.94. The molecule has 0 fully saturated rings. The lowest BCUT2D eigenvalue weighted by atomic mass is 10.0. The van der Waals surface area contributed by atoms with Gasteiger partial charge >= 0.3 is 0 Å². The van der Waals surface area contributed by atoms with Crippen LogP contribution in [0.5, 0.6) is 5.75 Å². The van der Waals surface area contributed by atoms with Crippen LogP contribution in [0.4, 0.5) is 10.1 Å². The van der Waals surface area contributed by atoms with Crippen LogP contribution in [0.3, 0.4) is 0 Å². The maximum Gasteiger partial charge on any atom is 0.230 e. The average molecular weight is 372 g/mol. The summed E-state index contributed by atoms with van der Waals surface area (Å²) in [4.78, 5) is 25.1. The van der Waals surface area contributed by atoms with Gasteiger partial charge in [0.05, 0.1) is 13.0 Å². The number of primary amides is 1. The number of halogens is 1. The first-order valence-electron chi connectivity index (χ1n) is 8.94. The highest BCUT2D eigenvalue weighted by Crippen LogP contribution is 2.19. The Labute approximate surface area is 158 Å². The smallest absolute Gasteiger partial charge is 0.230 e. The van der Waals surface area contributed by atoms with Gasteiger partial charge in [-0.1, -0.05) is 26.0 Å². The van der Waals surface area contributed by atoms with Crippen molar-refractivity contribution in [2.45, 2.75) is 32.6 Å². The summed E-state index contributed by atoms with van der Waals surface area (Å²) in [5, 5.41) is 0. The number of carbonyl (C=O) groups excluding carboxylic acids is 2. The molecule has 0 aromatic heterocycles. The number of hydrogen-bond acceptors (Lipinski definition) is 3. The van der Waals surface area contributed by atoms with E-state index in [9.17, 15) is 14.0 Å². The average Bonchev–Trinajstić information content (AvgIpc) is 2.63. The molecule has 0 radical (unpaired) electrons. The van der Waals surface area contributed by atoms with E-state index in [0.29, 0.717) is 17.4 Å². The highest BCUT2D eigenvalue weighted by atomic mass is 19.1. The van der Waals surface area contributed by atoms with E-state index < -0.39 is 11.7 Å². The van der Waals surface area contributed by atoms with E-state index >= 15 is 0 Å². The summed E-state index contributed by atoms with van der Waals surface area (Å²) in [5.74, 6) is 0.0140. The van der Waals surface area contributed by atoms with E-state index in [2.05, 4.69) is 13.8 Å². The van der Waals surface area contributed by atoms with Crippen LogP contribution in [-0.4, -0.2) is 25.0 Å². The van der Waals surface area contributed by atoms with Crippen molar-refractivity contribution in [1.82, 2.24) is 0 Å². The van der Waals surface area contributed by atoms with Crippen molar-refractivity contribution in [1.29, 1.82) is 0 Å². The molecule has 0 atom stereocenters. The fourth-order valence-corrected chi connectivity index (χ4v) is 2.58. The molecule has 2 rings (SSSR count). The van der Waals surface area contributed by atoms with Gasteiger partial charge in [-0.15, -0.1) is 0 Å². The molecule has 0 saturated heterocycles. The zero-order valence-electron chi connectivity index (χ0n) is 15.7. The number of benzene rings is 2. The van der Waals surface area contributed by atoms with Gasteiger partial charge in [-0.2, -0.15) is 0 Å². The van der Waals surface area contributed by atoms with Crippen molar-refractivity contribution >= 4 is 17.5 Å². The molecule has 0 aliphatic carbocycles. The summed E-state index contributed by atoms with van der Waals surface area (Å²) in [5.41, 5.74) is 6.92. The Balaban J connectivity index is 1.96. The second-order valence-corrected chi connectivity index (χ2v) is 6.56. The Hall–Kier alpha value is -2.89. The van der Waals surface area contributed by atoms with Crippen LogP contribution in [0.2, 0.25) is 0 Å². The predicted octanol–water partition coefficient (Wildman–Crippen LogP) is 3.63. The number of carbonyl (C=O) groups is 2. The van der Waals surface area contributed by atoms with E-state index in [0.717, 1.165) is 0 Å². The minimum atomic E-state index is -0.503. The Kier molecular flexibility index (Phi) is 7.34. The zero-order valence-corrected chi connectivity index (χ0v) is 15.7. The second-order valence-electron chi connectivity index (χ2n) is 6.56. The Morgan fingerprint density at radius 3 is 2.22 bits per heavy atom. The fourth-order valence-electron chi connectivity index (χ4n) is 2.58. The molecule has 2 aromatic rings. The zero-order chi connectivity index (χ0) is 19.8. The highest BCUT2D eigenvalue weighted by Gasteiger charge is 2.17. The van der Waals surface area contributed by atoms with Crippen LogP contribution in [0.25, 0.3) is 0 Å². The number of nitrogens with zero attached hydrogens (tertiary/aromatic N) is 1. The van der Waals surface area contributed by atoms with Gasteiger partial charge in [0.2, 0.25) is 11.8 Å². The Morgan fingerprint density at radius 1 is 1.04 bits per heavy atom. The topological polar surface area (TPSA) is 72.6 Å². The lowest BCUT2D eigenvalue weighted by molar-refractivity contribution is -0.119. The molecular weight excluding hydrogens is 347 g/mol. The molecule has 2 aromatic carbocycles. The van der Waals surface area contributed by atoms with Crippen molar-refractivity contribution < 1.29 is 18.7 Å². The van der Waals surface area contributed by atoms with E-state index in [1.165, 1.54) is 34.7 Å². The third kappa shape index (κ3) is 6.40. The lowest BCUT2D eigenvalue weighted by Gasteiger charge is -2.22. The van der Waals surface area contributed by atoms with Gasteiger partial charge in [-0.25, -0.2) is 4.39 Å². The second kappa shape index (κ2) is 9.71. The van der Waals surface area contributed by atoms with Crippen LogP contribution in [0, 0.1) is 5.82 Å². The highest BCUT2D eigenvalue weighted by molar-refractivity contribution is 5.94. The molecule has 0 aliphatic rings. The first-order chi connectivity index (χ1) is 12.9. The van der Waals surface area contributed by atoms with Gasteiger partial charge in [0.25, 0.3) is 0 Å². The van der Waals surface area contributed by atoms with Crippen molar-refractivity contribution in [3.05, 3.63) is 59.9 Å². The molecule has 6 heteroatoms. The van der Waals surface area contributed by atoms with Crippen LogP contribution in [0.1, 0.15) is 38.2 Å². The fraction of sp³-hybridized carbons (Fsp3) is 0.333. The van der Waals surface area contributed by atoms with Crippen LogP contribution >= 0.6 is 0 Å². The quantitative estimate of drug-likeness (QED) is 0.731. The van der Waals surface area contributed by atoms with Gasteiger partial charge in [-0.05, 0) is 47.9 Å². The maximum absolute atomic E-state index is 13.1. The van der Waals surface area contributed by atoms with Crippen molar-refractivity contribution in [3.63, 3.8) is 0 Å². The third-order valence-corrected chi connectivity index (χ3v) is 4.15. The molecule has 2 N–H and O–H groups in total. The Bertz CT molecular complexity index is 758. The monoisotopic (exact) mass is 372 g/mol. The van der Waals surface area contributed by atoms with Gasteiger partial charge in [-0.3, -0.25) is 9.59 Å². The minimum absolute atomic E-state index is 0.0284. The summed E-state index contributed by atoms with van der Waals surface area (Å²) in [7, 11) is 0. The van der Waals surface area contributed by atoms with Crippen LogP contribution in [-0.2, 0) is 9.59 Å². The van der Waals surface area contributed by atoms with Gasteiger partial charge < -0.3 is 15.4 Å². The standard InChI is InChI=1S/C21H25FN2O3/c1-15(2)16-3-9-19(10-4-16)27-14-12-21(26)24(13-11-20(23)25)18-7-5-17(22)6-8-18/h3-10,15H,11-14H2,1-2H3,(H2,23,25). The van der Waals surface area contributed by atoms with Crippen molar-refractivity contribution in [2.75, 3.05) is 18.1 Å². The molecule has 0 unspecified atom stereocenters.